The number of esters is 1. The molecule has 2 rings (SSSR count). The number of benzene rings is 1. The molecule has 0 radical (unpaired) electrons. The Labute approximate surface area is 148 Å². The number of rotatable bonds is 6. The maximum absolute atomic E-state index is 12.6. The second-order valence-electron chi connectivity index (χ2n) is 5.98. The van der Waals surface area contributed by atoms with Crippen molar-refractivity contribution in [3.05, 3.63) is 29.8 Å². The van der Waals surface area contributed by atoms with E-state index in [-0.39, 0.29) is 11.7 Å². The summed E-state index contributed by atoms with van der Waals surface area (Å²) in [5.74, 6) is -0.170. The Morgan fingerprint density at radius 1 is 1.16 bits per heavy atom. The third kappa shape index (κ3) is 5.27. The molecule has 25 heavy (non-hydrogen) atoms. The average Bonchev–Trinajstić information content (AvgIpc) is 2.59. The molecule has 1 heterocycles. The molecule has 8 heteroatoms. The van der Waals surface area contributed by atoms with E-state index in [1.54, 1.807) is 23.1 Å². The van der Waals surface area contributed by atoms with Gasteiger partial charge in [-0.2, -0.15) is 4.31 Å². The van der Waals surface area contributed by atoms with Crippen LogP contribution in [0.1, 0.15) is 37.0 Å². The topological polar surface area (TPSA) is 84.0 Å². The summed E-state index contributed by atoms with van der Waals surface area (Å²) in [7, 11) is -3.24. The van der Waals surface area contributed by atoms with Crippen LogP contribution < -0.4 is 4.74 Å². The van der Waals surface area contributed by atoms with Crippen molar-refractivity contribution in [2.45, 2.75) is 26.7 Å². The number of unbranched alkanes of at least 4 members (excludes halogenated alkanes) is 1. The van der Waals surface area contributed by atoms with Gasteiger partial charge in [0.2, 0.25) is 10.0 Å². The van der Waals surface area contributed by atoms with Gasteiger partial charge in [-0.3, -0.25) is 9.59 Å². The Morgan fingerprint density at radius 2 is 1.84 bits per heavy atom. The van der Waals surface area contributed by atoms with E-state index in [9.17, 15) is 18.0 Å². The normalized spacial score (nSPS) is 15.8. The molecule has 1 aromatic carbocycles. The largest absolute Gasteiger partial charge is 0.427 e. The van der Waals surface area contributed by atoms with Gasteiger partial charge < -0.3 is 9.64 Å². The third-order valence-electron chi connectivity index (χ3n) is 4.02. The van der Waals surface area contributed by atoms with Crippen LogP contribution >= 0.6 is 0 Å². The number of amides is 1. The number of nitrogens with zero attached hydrogens (tertiary/aromatic N) is 2. The Morgan fingerprint density at radius 3 is 2.44 bits per heavy atom. The quantitative estimate of drug-likeness (QED) is 0.561. The van der Waals surface area contributed by atoms with Crippen LogP contribution in [-0.2, 0) is 14.8 Å². The third-order valence-corrected chi connectivity index (χ3v) is 5.97. The van der Waals surface area contributed by atoms with Crippen molar-refractivity contribution in [2.75, 3.05) is 31.9 Å². The van der Waals surface area contributed by atoms with Crippen LogP contribution in [0.15, 0.2) is 24.3 Å². The highest BCUT2D eigenvalue weighted by molar-refractivity contribution is 7.89. The molecular formula is C17H24N2O5S. The summed E-state index contributed by atoms with van der Waals surface area (Å²) < 4.78 is 30.9. The second-order valence-corrected chi connectivity index (χ2v) is 8.07. The molecule has 1 aromatic rings. The summed E-state index contributed by atoms with van der Waals surface area (Å²) in [6, 6.07) is 6.43. The summed E-state index contributed by atoms with van der Waals surface area (Å²) in [5, 5.41) is 0. The number of ether oxygens (including phenoxy) is 1. The van der Waals surface area contributed by atoms with Gasteiger partial charge in [0.05, 0.1) is 5.75 Å². The Bertz CT molecular complexity index is 724. The number of carbonyl (C=O) groups is 2. The lowest BCUT2D eigenvalue weighted by Crippen LogP contribution is -2.51. The molecule has 0 bridgehead atoms. The number of hydrogen-bond acceptors (Lipinski definition) is 5. The Balaban J connectivity index is 1.98. The van der Waals surface area contributed by atoms with Crippen molar-refractivity contribution in [3.63, 3.8) is 0 Å². The fraction of sp³-hybridized carbons (Fsp3) is 0.529. The monoisotopic (exact) mass is 368 g/mol. The van der Waals surface area contributed by atoms with Crippen LogP contribution in [-0.4, -0.2) is 61.4 Å². The maximum atomic E-state index is 12.6. The maximum Gasteiger partial charge on any atom is 0.308 e. The van der Waals surface area contributed by atoms with Gasteiger partial charge in [-0.25, -0.2) is 8.42 Å². The number of sulfonamides is 1. The molecule has 0 saturated carbocycles. The zero-order valence-corrected chi connectivity index (χ0v) is 15.4. The molecule has 7 nitrogen and oxygen atoms in total. The first-order chi connectivity index (χ1) is 11.8. The van der Waals surface area contributed by atoms with E-state index in [2.05, 4.69) is 0 Å². The first kappa shape index (κ1) is 19.4. The molecule has 1 amide bonds. The summed E-state index contributed by atoms with van der Waals surface area (Å²) in [6.45, 7) is 4.57. The van der Waals surface area contributed by atoms with Crippen LogP contribution in [0, 0.1) is 0 Å². The van der Waals surface area contributed by atoms with E-state index in [1.807, 2.05) is 6.92 Å². The first-order valence-electron chi connectivity index (χ1n) is 8.39. The van der Waals surface area contributed by atoms with Crippen molar-refractivity contribution >= 4 is 21.9 Å². The number of piperazine rings is 1. The van der Waals surface area contributed by atoms with Crippen molar-refractivity contribution in [1.82, 2.24) is 9.21 Å². The van der Waals surface area contributed by atoms with E-state index >= 15 is 0 Å². The van der Waals surface area contributed by atoms with Gasteiger partial charge in [0.25, 0.3) is 5.91 Å². The van der Waals surface area contributed by atoms with Crippen molar-refractivity contribution in [3.8, 4) is 5.75 Å². The molecule has 0 N–H and O–H groups in total. The lowest BCUT2D eigenvalue weighted by atomic mass is 10.1. The highest BCUT2D eigenvalue weighted by Crippen LogP contribution is 2.17. The van der Waals surface area contributed by atoms with Crippen molar-refractivity contribution < 1.29 is 22.7 Å². The van der Waals surface area contributed by atoms with Crippen LogP contribution in [0.3, 0.4) is 0 Å². The smallest absolute Gasteiger partial charge is 0.308 e. The molecule has 1 aliphatic heterocycles. The molecule has 0 unspecified atom stereocenters. The molecule has 138 valence electrons. The second kappa shape index (κ2) is 8.44. The molecule has 1 saturated heterocycles. The van der Waals surface area contributed by atoms with E-state index in [0.717, 1.165) is 6.42 Å². The standard InChI is InChI=1S/C17H24N2O5S/c1-3-4-12-25(22,23)19-10-8-18(9-11-19)17(21)15-6-5-7-16(13-15)24-14(2)20/h5-7,13H,3-4,8-12H2,1-2H3. The van der Waals surface area contributed by atoms with E-state index in [4.69, 9.17) is 4.74 Å². The lowest BCUT2D eigenvalue weighted by molar-refractivity contribution is -0.131. The van der Waals surface area contributed by atoms with Gasteiger partial charge in [0, 0.05) is 38.7 Å². The molecular weight excluding hydrogens is 344 g/mol. The van der Waals surface area contributed by atoms with Gasteiger partial charge in [-0.1, -0.05) is 19.4 Å². The predicted molar refractivity (Wildman–Crippen MR) is 93.9 cm³/mol. The molecule has 0 spiro atoms. The fourth-order valence-electron chi connectivity index (χ4n) is 2.67. The molecule has 0 aromatic heterocycles. The van der Waals surface area contributed by atoms with Gasteiger partial charge in [-0.15, -0.1) is 0 Å². The summed E-state index contributed by atoms with van der Waals surface area (Å²) in [5.41, 5.74) is 0.418. The summed E-state index contributed by atoms with van der Waals surface area (Å²) in [4.78, 5) is 25.2. The minimum Gasteiger partial charge on any atom is -0.427 e. The predicted octanol–water partition coefficient (Wildman–Crippen LogP) is 1.50. The van der Waals surface area contributed by atoms with E-state index in [1.165, 1.54) is 17.3 Å². The van der Waals surface area contributed by atoms with Gasteiger partial charge in [-0.05, 0) is 24.6 Å². The molecule has 0 atom stereocenters. The molecule has 0 aliphatic carbocycles. The van der Waals surface area contributed by atoms with Crippen molar-refractivity contribution in [1.29, 1.82) is 0 Å². The zero-order chi connectivity index (χ0) is 18.4. The first-order valence-corrected chi connectivity index (χ1v) is 10.00. The zero-order valence-electron chi connectivity index (χ0n) is 14.6. The van der Waals surface area contributed by atoms with Gasteiger partial charge in [0.1, 0.15) is 5.75 Å². The van der Waals surface area contributed by atoms with Crippen LogP contribution in [0.5, 0.6) is 5.75 Å². The summed E-state index contributed by atoms with van der Waals surface area (Å²) >= 11 is 0. The minimum absolute atomic E-state index is 0.155. The SMILES string of the molecule is CCCCS(=O)(=O)N1CCN(C(=O)c2cccc(OC(C)=O)c2)CC1. The van der Waals surface area contributed by atoms with Gasteiger partial charge >= 0.3 is 5.97 Å². The fourth-order valence-corrected chi connectivity index (χ4v) is 4.30. The Kier molecular flexibility index (Phi) is 6.55. The van der Waals surface area contributed by atoms with Crippen LogP contribution in [0.4, 0.5) is 0 Å². The Hall–Kier alpha value is -1.93. The van der Waals surface area contributed by atoms with Crippen LogP contribution in [0.2, 0.25) is 0 Å². The average molecular weight is 368 g/mol. The molecule has 1 fully saturated rings. The van der Waals surface area contributed by atoms with Gasteiger partial charge in [0.15, 0.2) is 0 Å². The highest BCUT2D eigenvalue weighted by Gasteiger charge is 2.28. The van der Waals surface area contributed by atoms with E-state index in [0.29, 0.717) is 43.9 Å². The lowest BCUT2D eigenvalue weighted by Gasteiger charge is -2.34. The summed E-state index contributed by atoms with van der Waals surface area (Å²) in [6.07, 6.45) is 1.47. The van der Waals surface area contributed by atoms with Crippen LogP contribution in [0.25, 0.3) is 0 Å². The van der Waals surface area contributed by atoms with E-state index < -0.39 is 16.0 Å². The highest BCUT2D eigenvalue weighted by atomic mass is 32.2. The van der Waals surface area contributed by atoms with Crippen molar-refractivity contribution in [2.24, 2.45) is 0 Å². The number of carbonyl (C=O) groups excluding carboxylic acids is 2. The number of hydrogen-bond donors (Lipinski definition) is 0. The minimum atomic E-state index is -3.24. The molecule has 1 aliphatic rings.